The lowest BCUT2D eigenvalue weighted by molar-refractivity contribution is -0.132. The lowest BCUT2D eigenvalue weighted by Crippen LogP contribution is -2.46. The van der Waals surface area contributed by atoms with Crippen molar-refractivity contribution < 1.29 is 14.0 Å². The summed E-state index contributed by atoms with van der Waals surface area (Å²) in [6.07, 6.45) is 0.518. The Morgan fingerprint density at radius 1 is 1.29 bits per heavy atom. The number of hydrogen-bond donors (Lipinski definition) is 1. The van der Waals surface area contributed by atoms with Crippen molar-refractivity contribution in [3.63, 3.8) is 0 Å². The number of amides is 2. The van der Waals surface area contributed by atoms with Crippen molar-refractivity contribution in [2.45, 2.75) is 26.7 Å². The number of nitrogens with zero attached hydrogens (tertiary/aromatic N) is 1. The first-order valence-corrected chi connectivity index (χ1v) is 6.68. The van der Waals surface area contributed by atoms with Crippen LogP contribution in [-0.4, -0.2) is 18.4 Å². The maximum atomic E-state index is 13.9. The number of imide groups is 1. The molecule has 110 valence electrons. The number of benzene rings is 1. The van der Waals surface area contributed by atoms with Crippen LogP contribution in [0, 0.1) is 23.1 Å². The van der Waals surface area contributed by atoms with Crippen molar-refractivity contribution in [2.24, 2.45) is 11.1 Å². The molecule has 1 aromatic rings. The topological polar surface area (TPSA) is 63.4 Å². The number of hydrogen-bond acceptors (Lipinski definition) is 3. The molecule has 0 bridgehead atoms. The highest BCUT2D eigenvalue weighted by molar-refractivity contribution is 6.16. The monoisotopic (exact) mass is 288 g/mol. The quantitative estimate of drug-likeness (QED) is 0.633. The average molecular weight is 288 g/mol. The normalized spacial score (nSPS) is 17.4. The molecule has 2 N–H and O–H groups in total. The molecule has 0 spiro atoms. The van der Waals surface area contributed by atoms with E-state index >= 15 is 0 Å². The third kappa shape index (κ3) is 3.29. The van der Waals surface area contributed by atoms with E-state index < -0.39 is 5.82 Å². The van der Waals surface area contributed by atoms with Gasteiger partial charge in [-0.2, -0.15) is 0 Å². The van der Waals surface area contributed by atoms with Gasteiger partial charge in [0.2, 0.25) is 11.8 Å². The van der Waals surface area contributed by atoms with Gasteiger partial charge in [-0.15, -0.1) is 0 Å². The Labute approximate surface area is 123 Å². The van der Waals surface area contributed by atoms with Crippen LogP contribution in [0.4, 0.5) is 10.1 Å². The predicted molar refractivity (Wildman–Crippen MR) is 77.8 cm³/mol. The van der Waals surface area contributed by atoms with Crippen LogP contribution in [0.15, 0.2) is 18.2 Å². The van der Waals surface area contributed by atoms with Gasteiger partial charge in [0.25, 0.3) is 0 Å². The Hall–Kier alpha value is -2.19. The van der Waals surface area contributed by atoms with Gasteiger partial charge < -0.3 is 5.73 Å². The van der Waals surface area contributed by atoms with Crippen molar-refractivity contribution in [3.05, 3.63) is 29.6 Å². The number of halogens is 1. The summed E-state index contributed by atoms with van der Waals surface area (Å²) >= 11 is 0. The van der Waals surface area contributed by atoms with Crippen molar-refractivity contribution >= 4 is 17.5 Å². The molecule has 0 aromatic heterocycles. The third-order valence-corrected chi connectivity index (χ3v) is 3.29. The summed E-state index contributed by atoms with van der Waals surface area (Å²) in [7, 11) is 0. The first-order chi connectivity index (χ1) is 9.84. The van der Waals surface area contributed by atoms with Crippen LogP contribution in [0.5, 0.6) is 0 Å². The van der Waals surface area contributed by atoms with Crippen LogP contribution in [-0.2, 0) is 9.59 Å². The molecular weight excluding hydrogens is 271 g/mol. The second-order valence-corrected chi connectivity index (χ2v) is 5.81. The summed E-state index contributed by atoms with van der Waals surface area (Å²) in [6, 6.07) is 4.14. The van der Waals surface area contributed by atoms with Gasteiger partial charge >= 0.3 is 0 Å². The van der Waals surface area contributed by atoms with Crippen molar-refractivity contribution in [2.75, 3.05) is 11.4 Å². The average Bonchev–Trinajstić information content (AvgIpc) is 2.35. The second kappa shape index (κ2) is 5.66. The van der Waals surface area contributed by atoms with Crippen LogP contribution < -0.4 is 10.6 Å². The number of carbonyl (C=O) groups excluding carboxylic acids is 2. The Bertz CT molecular complexity index is 636. The maximum Gasteiger partial charge on any atom is 0.234 e. The largest absolute Gasteiger partial charge is 0.320 e. The summed E-state index contributed by atoms with van der Waals surface area (Å²) in [6.45, 7) is 3.87. The van der Waals surface area contributed by atoms with Crippen molar-refractivity contribution in [1.82, 2.24) is 0 Å². The first kappa shape index (κ1) is 15.2. The van der Waals surface area contributed by atoms with Gasteiger partial charge in [-0.3, -0.25) is 14.5 Å². The van der Waals surface area contributed by atoms with Crippen LogP contribution >= 0.6 is 0 Å². The summed E-state index contributed by atoms with van der Waals surface area (Å²) in [4.78, 5) is 25.3. The van der Waals surface area contributed by atoms with Crippen LogP contribution in [0.3, 0.4) is 0 Å². The highest BCUT2D eigenvalue weighted by Gasteiger charge is 2.38. The molecule has 0 aliphatic carbocycles. The van der Waals surface area contributed by atoms with Gasteiger partial charge in [-0.1, -0.05) is 25.7 Å². The minimum atomic E-state index is -0.570. The SMILES string of the molecule is CC1(C)CC(=O)N(c2ccc(C#CCN)c(F)c2)C(=O)C1. The van der Waals surface area contributed by atoms with Crippen molar-refractivity contribution in [3.8, 4) is 11.8 Å². The lowest BCUT2D eigenvalue weighted by Gasteiger charge is -2.34. The van der Waals surface area contributed by atoms with Crippen LogP contribution in [0.2, 0.25) is 0 Å². The van der Waals surface area contributed by atoms with E-state index in [0.29, 0.717) is 0 Å². The smallest absolute Gasteiger partial charge is 0.234 e. The molecule has 2 amide bonds. The summed E-state index contributed by atoms with van der Waals surface area (Å²) < 4.78 is 13.9. The zero-order valence-corrected chi connectivity index (χ0v) is 12.1. The standard InChI is InChI=1S/C16H17FN2O2/c1-16(2)9-14(20)19(15(21)10-16)12-6-5-11(4-3-7-18)13(17)8-12/h5-6,8H,7,9-10,18H2,1-2H3. The van der Waals surface area contributed by atoms with Gasteiger partial charge in [0.15, 0.2) is 0 Å². The Morgan fingerprint density at radius 2 is 1.90 bits per heavy atom. The molecule has 1 aliphatic rings. The zero-order chi connectivity index (χ0) is 15.6. The number of anilines is 1. The minimum absolute atomic E-state index is 0.138. The van der Waals surface area contributed by atoms with E-state index in [2.05, 4.69) is 11.8 Å². The van der Waals surface area contributed by atoms with E-state index in [-0.39, 0.29) is 47.9 Å². The van der Waals surface area contributed by atoms with Gasteiger partial charge in [-0.25, -0.2) is 4.39 Å². The molecule has 21 heavy (non-hydrogen) atoms. The van der Waals surface area contributed by atoms with Gasteiger partial charge in [0.1, 0.15) is 5.82 Å². The lowest BCUT2D eigenvalue weighted by atomic mass is 9.81. The summed E-state index contributed by atoms with van der Waals surface area (Å²) in [5.41, 5.74) is 5.33. The third-order valence-electron chi connectivity index (χ3n) is 3.29. The molecule has 0 radical (unpaired) electrons. The molecule has 1 fully saturated rings. The Morgan fingerprint density at radius 3 is 2.43 bits per heavy atom. The van der Waals surface area contributed by atoms with Gasteiger partial charge in [0.05, 0.1) is 17.8 Å². The molecule has 2 rings (SSSR count). The minimum Gasteiger partial charge on any atom is -0.320 e. The number of carbonyl (C=O) groups is 2. The molecule has 1 saturated heterocycles. The number of piperidine rings is 1. The summed E-state index contributed by atoms with van der Waals surface area (Å²) in [5.74, 6) is 3.97. The first-order valence-electron chi connectivity index (χ1n) is 6.68. The predicted octanol–water partition coefficient (Wildman–Crippen LogP) is 1.82. The van der Waals surface area contributed by atoms with E-state index in [1.54, 1.807) is 0 Å². The highest BCUT2D eigenvalue weighted by Crippen LogP contribution is 2.34. The highest BCUT2D eigenvalue weighted by atomic mass is 19.1. The molecule has 1 heterocycles. The van der Waals surface area contributed by atoms with Crippen LogP contribution in [0.1, 0.15) is 32.3 Å². The van der Waals surface area contributed by atoms with E-state index in [4.69, 9.17) is 5.73 Å². The fraction of sp³-hybridized carbons (Fsp3) is 0.375. The molecule has 0 saturated carbocycles. The second-order valence-electron chi connectivity index (χ2n) is 5.81. The van der Waals surface area contributed by atoms with Crippen LogP contribution in [0.25, 0.3) is 0 Å². The summed E-state index contributed by atoms with van der Waals surface area (Å²) in [5, 5.41) is 0. The zero-order valence-electron chi connectivity index (χ0n) is 12.1. The molecule has 1 aromatic carbocycles. The van der Waals surface area contributed by atoms with E-state index in [9.17, 15) is 14.0 Å². The molecule has 0 atom stereocenters. The van der Waals surface area contributed by atoms with Crippen molar-refractivity contribution in [1.29, 1.82) is 0 Å². The van der Waals surface area contributed by atoms with E-state index in [1.807, 2.05) is 13.8 Å². The Kier molecular flexibility index (Phi) is 4.10. The maximum absolute atomic E-state index is 13.9. The molecule has 0 unspecified atom stereocenters. The molecule has 4 nitrogen and oxygen atoms in total. The fourth-order valence-corrected chi connectivity index (χ4v) is 2.36. The molecule has 5 heteroatoms. The van der Waals surface area contributed by atoms with E-state index in [0.717, 1.165) is 11.0 Å². The van der Waals surface area contributed by atoms with Gasteiger partial charge in [0, 0.05) is 12.8 Å². The fourth-order valence-electron chi connectivity index (χ4n) is 2.36. The van der Waals surface area contributed by atoms with Gasteiger partial charge in [-0.05, 0) is 23.6 Å². The Balaban J connectivity index is 2.32. The molecular formula is C16H17FN2O2. The van der Waals surface area contributed by atoms with E-state index in [1.165, 1.54) is 12.1 Å². The molecule has 1 aliphatic heterocycles. The number of nitrogens with two attached hydrogens (primary N) is 1. The number of rotatable bonds is 1.